The molecule has 73 heavy (non-hydrogen) atoms. The van der Waals surface area contributed by atoms with Gasteiger partial charge in [-0.3, -0.25) is 9.55 Å². The third kappa shape index (κ3) is 9.55. The van der Waals surface area contributed by atoms with Crippen molar-refractivity contribution in [1.82, 2.24) is 14.5 Å². The van der Waals surface area contributed by atoms with Crippen LogP contribution in [0.3, 0.4) is 0 Å². The summed E-state index contributed by atoms with van der Waals surface area (Å²) >= 11 is 0. The lowest BCUT2D eigenvalue weighted by molar-refractivity contribution is 0.466. The fourth-order valence-electron chi connectivity index (χ4n) is 10.2. The summed E-state index contributed by atoms with van der Waals surface area (Å²) in [4.78, 5) is 10.6. The zero-order chi connectivity index (χ0) is 53.8. The smallest absolute Gasteiger partial charge is 0.149 e. The largest absolute Gasteiger partial charge is 0.507 e. The van der Waals surface area contributed by atoms with E-state index < -0.39 is 6.85 Å². The summed E-state index contributed by atoms with van der Waals surface area (Å²) in [5.41, 5.74) is 18.2. The molecule has 0 atom stereocenters. The Morgan fingerprint density at radius 1 is 0.507 bits per heavy atom. The fourth-order valence-corrected chi connectivity index (χ4v) is 10.2. The molecule has 364 valence electrons. The van der Waals surface area contributed by atoms with Crippen LogP contribution in [0.1, 0.15) is 113 Å². The lowest BCUT2D eigenvalue weighted by Crippen LogP contribution is -2.13. The molecule has 0 amide bonds. The number of nitrogens with zero attached hydrogens (tertiary/aromatic N) is 3. The molecule has 0 unspecified atom stereocenters. The maximum Gasteiger partial charge on any atom is 0.149 e. The first-order valence-corrected chi connectivity index (χ1v) is 25.7. The molecule has 0 saturated carbocycles. The number of para-hydroxylation sites is 1. The molecule has 10 rings (SSSR count). The quantitative estimate of drug-likeness (QED) is 0.149. The normalized spacial score (nSPS) is 12.8. The highest BCUT2D eigenvalue weighted by Gasteiger charge is 2.27. The maximum absolute atomic E-state index is 12.5. The average molecular weight is 957 g/mol. The number of imidazole rings is 1. The topological polar surface area (TPSA) is 50.9 Å². The van der Waals surface area contributed by atoms with Gasteiger partial charge in [-0.25, -0.2) is 4.98 Å². The van der Waals surface area contributed by atoms with Crippen molar-refractivity contribution in [3.63, 3.8) is 0 Å². The fraction of sp³-hybridized carbons (Fsp3) is 0.217. The number of aryl methyl sites for hydroxylation is 1. The number of pyridine rings is 1. The van der Waals surface area contributed by atoms with Gasteiger partial charge in [0.15, 0.2) is 0 Å². The third-order valence-electron chi connectivity index (χ3n) is 14.4. The van der Waals surface area contributed by atoms with Crippen LogP contribution in [0, 0.1) is 6.85 Å². The van der Waals surface area contributed by atoms with Crippen LogP contribution >= 0.6 is 0 Å². The molecule has 0 fully saturated rings. The number of aromatic nitrogens is 3. The second kappa shape index (κ2) is 19.3. The minimum atomic E-state index is -2.55. The molecule has 0 spiro atoms. The molecular formula is C69H67N3O. The van der Waals surface area contributed by atoms with Gasteiger partial charge < -0.3 is 5.11 Å². The minimum Gasteiger partial charge on any atom is -0.507 e. The Morgan fingerprint density at radius 3 is 1.79 bits per heavy atom. The van der Waals surface area contributed by atoms with Crippen LogP contribution < -0.4 is 0 Å². The number of fused-ring (bicyclic) bond motifs is 1. The van der Waals surface area contributed by atoms with Gasteiger partial charge in [-0.1, -0.05) is 203 Å². The summed E-state index contributed by atoms with van der Waals surface area (Å²) in [5.74, 6) is 0.740. The molecule has 4 heteroatoms. The van der Waals surface area contributed by atoms with Gasteiger partial charge in [0.2, 0.25) is 0 Å². The Bertz CT molecular complexity index is 3760. The lowest BCUT2D eigenvalue weighted by Gasteiger charge is -2.26. The second-order valence-corrected chi connectivity index (χ2v) is 22.3. The number of aromatic hydroxyl groups is 1. The first-order valence-electron chi connectivity index (χ1n) is 27.2. The van der Waals surface area contributed by atoms with Crippen molar-refractivity contribution in [3.05, 3.63) is 216 Å². The highest BCUT2D eigenvalue weighted by Crippen LogP contribution is 2.46. The van der Waals surface area contributed by atoms with Crippen molar-refractivity contribution in [1.29, 1.82) is 0 Å². The van der Waals surface area contributed by atoms with Gasteiger partial charge in [0, 0.05) is 21.4 Å². The van der Waals surface area contributed by atoms with E-state index in [0.717, 1.165) is 83.6 Å². The van der Waals surface area contributed by atoms with Gasteiger partial charge in [0.25, 0.3) is 0 Å². The first kappa shape index (κ1) is 45.1. The molecule has 1 N–H and O–H groups in total. The van der Waals surface area contributed by atoms with Crippen molar-refractivity contribution in [2.75, 3.05) is 0 Å². The van der Waals surface area contributed by atoms with Crippen molar-refractivity contribution in [3.8, 4) is 89.7 Å². The number of hydrogen-bond donors (Lipinski definition) is 1. The molecule has 8 aromatic carbocycles. The van der Waals surface area contributed by atoms with E-state index in [1.807, 2.05) is 65.4 Å². The van der Waals surface area contributed by atoms with Gasteiger partial charge in [-0.15, -0.1) is 0 Å². The molecule has 0 aliphatic carbocycles. The van der Waals surface area contributed by atoms with Crippen LogP contribution in [0.4, 0.5) is 0 Å². The van der Waals surface area contributed by atoms with E-state index in [-0.39, 0.29) is 34.0 Å². The van der Waals surface area contributed by atoms with Crippen LogP contribution in [0.15, 0.2) is 188 Å². The van der Waals surface area contributed by atoms with E-state index >= 15 is 0 Å². The van der Waals surface area contributed by atoms with Crippen molar-refractivity contribution in [2.45, 2.75) is 98.8 Å². The van der Waals surface area contributed by atoms with E-state index in [9.17, 15) is 9.22 Å². The molecule has 0 aliphatic heterocycles. The minimum absolute atomic E-state index is 0.00377. The molecule has 0 radical (unpaired) electrons. The Kier molecular flexibility index (Phi) is 11.9. The molecule has 4 nitrogen and oxygen atoms in total. The molecule has 2 aromatic heterocycles. The molecule has 10 aromatic rings. The number of hydrogen-bond acceptors (Lipinski definition) is 3. The van der Waals surface area contributed by atoms with Crippen LogP contribution in [0.2, 0.25) is 0 Å². The standard InChI is InChI=1S/C69H67N3O/c1-43(2)52-40-58(44(3)4)66(73)59(41-52)67-71-65-57(53-37-54(39-55(38-53)68(6,7)8)61-42-50(34-35-70-61)48-30-28-47(29-31-48)46-20-14-12-15-21-46)25-19-27-63(65)72(67)62-33-32-51(36-45(62)5)64-56(49-22-16-13-17-23-49)24-18-26-60(64)69(9,10)11/h12-44,73H,1-11H3/i5D3. The van der Waals surface area contributed by atoms with Gasteiger partial charge in [-0.05, 0) is 156 Å². The Morgan fingerprint density at radius 2 is 1.14 bits per heavy atom. The van der Waals surface area contributed by atoms with E-state index in [1.165, 1.54) is 5.56 Å². The van der Waals surface area contributed by atoms with Gasteiger partial charge in [0.05, 0.1) is 28.0 Å². The zero-order valence-electron chi connectivity index (χ0n) is 46.8. The van der Waals surface area contributed by atoms with Crippen LogP contribution in [-0.4, -0.2) is 19.6 Å². The summed E-state index contributed by atoms with van der Waals surface area (Å²) in [6, 6.07) is 62.8. The Labute approximate surface area is 437 Å². The van der Waals surface area contributed by atoms with E-state index in [4.69, 9.17) is 9.97 Å². The van der Waals surface area contributed by atoms with Gasteiger partial charge in [-0.2, -0.15) is 0 Å². The Balaban J connectivity index is 1.21. The maximum atomic E-state index is 12.5. The molecule has 2 heterocycles. The van der Waals surface area contributed by atoms with Crippen LogP contribution in [0.5, 0.6) is 5.75 Å². The van der Waals surface area contributed by atoms with Gasteiger partial charge >= 0.3 is 0 Å². The summed E-state index contributed by atoms with van der Waals surface area (Å²) in [5, 5.41) is 12.5. The highest BCUT2D eigenvalue weighted by molar-refractivity contribution is 5.97. The highest BCUT2D eigenvalue weighted by atomic mass is 16.3. The van der Waals surface area contributed by atoms with Crippen molar-refractivity contribution in [2.24, 2.45) is 0 Å². The Hall–Kier alpha value is -7.82. The molecule has 0 aliphatic rings. The molecule has 0 saturated heterocycles. The van der Waals surface area contributed by atoms with Crippen molar-refractivity contribution >= 4 is 11.0 Å². The second-order valence-electron chi connectivity index (χ2n) is 22.3. The number of benzene rings is 8. The number of rotatable bonds is 10. The van der Waals surface area contributed by atoms with Crippen molar-refractivity contribution < 1.29 is 9.22 Å². The summed E-state index contributed by atoms with van der Waals surface area (Å²) in [6.45, 7) is 19.2. The monoisotopic (exact) mass is 957 g/mol. The van der Waals surface area contributed by atoms with Crippen LogP contribution in [0.25, 0.3) is 95.0 Å². The molecule has 0 bridgehead atoms. The zero-order valence-corrected chi connectivity index (χ0v) is 43.8. The predicted molar refractivity (Wildman–Crippen MR) is 309 cm³/mol. The molecular weight excluding hydrogens is 887 g/mol. The number of phenolic OH excluding ortho intramolecular Hbond substituents is 1. The SMILES string of the molecule is [2H]C([2H])([2H])c1cc(-c2c(-c3ccccc3)cccc2C(C)(C)C)ccc1-n1c(-c2cc(C(C)C)cc(C(C)C)c2O)nc2c(-c3cc(-c4cc(-c5ccc(-c6ccccc6)cc5)ccn4)cc(C(C)(C)C)c3)cccc21. The summed E-state index contributed by atoms with van der Waals surface area (Å²) in [6.07, 6.45) is 1.88. The average Bonchev–Trinajstić information content (AvgIpc) is 3.85. The first-order chi connectivity index (χ1) is 36.2. The summed E-state index contributed by atoms with van der Waals surface area (Å²) in [7, 11) is 0. The third-order valence-corrected chi connectivity index (χ3v) is 14.4. The number of phenols is 1. The van der Waals surface area contributed by atoms with E-state index in [2.05, 4.69) is 197 Å². The predicted octanol–water partition coefficient (Wildman–Crippen LogP) is 18.9. The van der Waals surface area contributed by atoms with E-state index in [1.54, 1.807) is 0 Å². The van der Waals surface area contributed by atoms with Crippen LogP contribution in [-0.2, 0) is 10.8 Å². The summed E-state index contributed by atoms with van der Waals surface area (Å²) < 4.78 is 29.9. The van der Waals surface area contributed by atoms with Gasteiger partial charge in [0.1, 0.15) is 11.6 Å². The lowest BCUT2D eigenvalue weighted by atomic mass is 9.78. The van der Waals surface area contributed by atoms with E-state index in [0.29, 0.717) is 28.1 Å².